The minimum absolute atomic E-state index is 0. The van der Waals surface area contributed by atoms with Crippen molar-refractivity contribution in [1.82, 2.24) is 10.2 Å². The number of aryl methyl sites for hydroxylation is 1. The molecule has 1 fully saturated rings. The van der Waals surface area contributed by atoms with Crippen molar-refractivity contribution >= 4 is 12.4 Å². The average molecular weight is 217 g/mol. The average Bonchev–Trinajstić information content (AvgIpc) is 2.74. The summed E-state index contributed by atoms with van der Waals surface area (Å²) in [5, 5.41) is 7.03. The van der Waals surface area contributed by atoms with E-state index < -0.39 is 0 Å². The summed E-state index contributed by atoms with van der Waals surface area (Å²) in [7, 11) is 0. The first kappa shape index (κ1) is 9.96. The largest absolute Gasteiger partial charge is 0.347 e. The third-order valence-electron chi connectivity index (χ3n) is 2.84. The van der Waals surface area contributed by atoms with E-state index in [4.69, 9.17) is 9.47 Å². The summed E-state index contributed by atoms with van der Waals surface area (Å²) in [6.07, 6.45) is 4.65. The summed E-state index contributed by atoms with van der Waals surface area (Å²) in [5.41, 5.74) is 2.48. The number of aromatic nitrogens is 2. The van der Waals surface area contributed by atoms with E-state index in [9.17, 15) is 0 Å². The molecular formula is C9H13ClN2O2. The molecule has 1 aromatic rings. The number of halogens is 1. The van der Waals surface area contributed by atoms with Gasteiger partial charge in [-0.3, -0.25) is 5.10 Å². The van der Waals surface area contributed by atoms with Gasteiger partial charge in [0.1, 0.15) is 0 Å². The van der Waals surface area contributed by atoms with Crippen molar-refractivity contribution in [2.75, 3.05) is 13.2 Å². The maximum absolute atomic E-state index is 5.64. The molecule has 0 amide bonds. The number of H-pyrrole nitrogens is 1. The van der Waals surface area contributed by atoms with E-state index in [2.05, 4.69) is 10.2 Å². The van der Waals surface area contributed by atoms with Gasteiger partial charge in [0, 0.05) is 18.5 Å². The smallest absolute Gasteiger partial charge is 0.172 e. The molecule has 1 N–H and O–H groups in total. The zero-order valence-corrected chi connectivity index (χ0v) is 8.60. The number of fused-ring (bicyclic) bond motifs is 1. The molecule has 0 atom stereocenters. The van der Waals surface area contributed by atoms with E-state index in [1.165, 1.54) is 11.3 Å². The molecule has 1 saturated heterocycles. The first-order valence-electron chi connectivity index (χ1n) is 4.67. The van der Waals surface area contributed by atoms with E-state index in [1.807, 2.05) is 6.20 Å². The highest BCUT2D eigenvalue weighted by atomic mass is 35.5. The Morgan fingerprint density at radius 2 is 2.14 bits per heavy atom. The lowest BCUT2D eigenvalue weighted by atomic mass is 9.92. The maximum Gasteiger partial charge on any atom is 0.172 e. The second-order valence-electron chi connectivity index (χ2n) is 3.66. The van der Waals surface area contributed by atoms with Crippen LogP contribution in [0.15, 0.2) is 6.20 Å². The van der Waals surface area contributed by atoms with Crippen molar-refractivity contribution in [1.29, 1.82) is 0 Å². The number of ether oxygens (including phenoxy) is 2. The Balaban J connectivity index is 0.000000750. The molecule has 0 unspecified atom stereocenters. The van der Waals surface area contributed by atoms with Crippen LogP contribution in [0.2, 0.25) is 0 Å². The maximum atomic E-state index is 5.64. The quantitative estimate of drug-likeness (QED) is 0.706. The topological polar surface area (TPSA) is 47.1 Å². The van der Waals surface area contributed by atoms with Crippen LogP contribution in [0.4, 0.5) is 0 Å². The van der Waals surface area contributed by atoms with Crippen molar-refractivity contribution in [3.63, 3.8) is 0 Å². The Kier molecular flexibility index (Phi) is 2.51. The summed E-state index contributed by atoms with van der Waals surface area (Å²) in [6, 6.07) is 0. The van der Waals surface area contributed by atoms with Gasteiger partial charge in [0.25, 0.3) is 0 Å². The summed E-state index contributed by atoms with van der Waals surface area (Å²) in [6.45, 7) is 1.46. The molecule has 1 aromatic heterocycles. The van der Waals surface area contributed by atoms with E-state index >= 15 is 0 Å². The van der Waals surface area contributed by atoms with Crippen LogP contribution < -0.4 is 0 Å². The van der Waals surface area contributed by atoms with Crippen LogP contribution >= 0.6 is 12.4 Å². The van der Waals surface area contributed by atoms with Crippen LogP contribution in [0.3, 0.4) is 0 Å². The second-order valence-corrected chi connectivity index (χ2v) is 3.66. The van der Waals surface area contributed by atoms with Gasteiger partial charge in [-0.2, -0.15) is 5.10 Å². The van der Waals surface area contributed by atoms with Gasteiger partial charge in [-0.15, -0.1) is 12.4 Å². The van der Waals surface area contributed by atoms with E-state index in [0.717, 1.165) is 32.5 Å². The molecule has 5 heteroatoms. The Hall–Kier alpha value is -0.580. The summed E-state index contributed by atoms with van der Waals surface area (Å²) in [5.74, 6) is -0.323. The van der Waals surface area contributed by atoms with Crippen LogP contribution in [0.25, 0.3) is 0 Å². The third kappa shape index (κ3) is 1.43. The molecule has 2 aliphatic rings. The van der Waals surface area contributed by atoms with Gasteiger partial charge in [0.15, 0.2) is 5.79 Å². The van der Waals surface area contributed by atoms with Crippen LogP contribution in [-0.2, 0) is 22.3 Å². The molecule has 0 radical (unpaired) electrons. The van der Waals surface area contributed by atoms with Crippen LogP contribution in [0.5, 0.6) is 0 Å². The molecular weight excluding hydrogens is 204 g/mol. The van der Waals surface area contributed by atoms with Crippen molar-refractivity contribution < 1.29 is 9.47 Å². The Labute approximate surface area is 88.4 Å². The molecule has 2 heterocycles. The first-order chi connectivity index (χ1) is 6.38. The highest BCUT2D eigenvalue weighted by Gasteiger charge is 2.40. The number of hydrogen-bond donors (Lipinski definition) is 1. The standard InChI is InChI=1S/C9H12N2O2.ClH/c1-2-9(12-3-4-13-9)5-7-6-10-11-8(1)7;/h6H,1-5H2,(H,10,11);1H. The molecule has 4 nitrogen and oxygen atoms in total. The van der Waals surface area contributed by atoms with Crippen molar-refractivity contribution in [3.8, 4) is 0 Å². The predicted molar refractivity (Wildman–Crippen MR) is 52.5 cm³/mol. The van der Waals surface area contributed by atoms with Crippen LogP contribution in [0, 0.1) is 0 Å². The lowest BCUT2D eigenvalue weighted by molar-refractivity contribution is -0.163. The lowest BCUT2D eigenvalue weighted by Gasteiger charge is -2.30. The molecule has 0 aromatic carbocycles. The Morgan fingerprint density at radius 1 is 1.36 bits per heavy atom. The molecule has 1 aliphatic heterocycles. The molecule has 3 rings (SSSR count). The van der Waals surface area contributed by atoms with Gasteiger partial charge < -0.3 is 9.47 Å². The number of aromatic amines is 1. The molecule has 78 valence electrons. The molecule has 0 saturated carbocycles. The van der Waals surface area contributed by atoms with E-state index in [1.54, 1.807) is 0 Å². The van der Waals surface area contributed by atoms with Gasteiger partial charge in [-0.25, -0.2) is 0 Å². The summed E-state index contributed by atoms with van der Waals surface area (Å²) in [4.78, 5) is 0. The van der Waals surface area contributed by atoms with E-state index in [-0.39, 0.29) is 18.2 Å². The fourth-order valence-corrected chi connectivity index (χ4v) is 2.14. The van der Waals surface area contributed by atoms with Gasteiger partial charge >= 0.3 is 0 Å². The van der Waals surface area contributed by atoms with Gasteiger partial charge in [-0.05, 0) is 12.0 Å². The highest BCUT2D eigenvalue weighted by molar-refractivity contribution is 5.85. The molecule has 1 aliphatic carbocycles. The number of rotatable bonds is 0. The summed E-state index contributed by atoms with van der Waals surface area (Å²) >= 11 is 0. The van der Waals surface area contributed by atoms with Gasteiger partial charge in [0.2, 0.25) is 0 Å². The zero-order valence-electron chi connectivity index (χ0n) is 7.78. The predicted octanol–water partition coefficient (Wildman–Crippen LogP) is 1.06. The number of nitrogens with one attached hydrogen (secondary N) is 1. The Bertz CT molecular complexity index is 320. The molecule has 1 spiro atoms. The third-order valence-corrected chi connectivity index (χ3v) is 2.84. The lowest BCUT2D eigenvalue weighted by Crippen LogP contribution is -2.36. The van der Waals surface area contributed by atoms with Gasteiger partial charge in [0.05, 0.1) is 19.4 Å². The normalized spacial score (nSPS) is 23.1. The first-order valence-corrected chi connectivity index (χ1v) is 4.67. The van der Waals surface area contributed by atoms with Crippen LogP contribution in [0.1, 0.15) is 17.7 Å². The molecule has 0 bridgehead atoms. The second kappa shape index (κ2) is 3.53. The summed E-state index contributed by atoms with van der Waals surface area (Å²) < 4.78 is 11.3. The van der Waals surface area contributed by atoms with Gasteiger partial charge in [-0.1, -0.05) is 0 Å². The fourth-order valence-electron chi connectivity index (χ4n) is 2.14. The minimum atomic E-state index is -0.323. The number of hydrogen-bond acceptors (Lipinski definition) is 3. The molecule has 14 heavy (non-hydrogen) atoms. The fraction of sp³-hybridized carbons (Fsp3) is 0.667. The van der Waals surface area contributed by atoms with E-state index in [0.29, 0.717) is 0 Å². The zero-order chi connectivity index (χ0) is 8.73. The van der Waals surface area contributed by atoms with Crippen LogP contribution in [-0.4, -0.2) is 29.2 Å². The van der Waals surface area contributed by atoms with Crippen molar-refractivity contribution in [2.24, 2.45) is 0 Å². The highest BCUT2D eigenvalue weighted by Crippen LogP contribution is 2.34. The number of nitrogens with zero attached hydrogens (tertiary/aromatic N) is 1. The Morgan fingerprint density at radius 3 is 2.93 bits per heavy atom. The monoisotopic (exact) mass is 216 g/mol. The SMILES string of the molecule is Cl.c1n[nH]c2c1CC1(CC2)OCCO1. The van der Waals surface area contributed by atoms with Crippen molar-refractivity contribution in [3.05, 3.63) is 17.5 Å². The minimum Gasteiger partial charge on any atom is -0.347 e. The van der Waals surface area contributed by atoms with Crippen molar-refractivity contribution in [2.45, 2.75) is 25.0 Å².